The largest absolute Gasteiger partial charge is 0.488 e. The van der Waals surface area contributed by atoms with E-state index in [9.17, 15) is 4.79 Å². The number of halogens is 1. The van der Waals surface area contributed by atoms with Gasteiger partial charge in [-0.2, -0.15) is 0 Å². The van der Waals surface area contributed by atoms with Gasteiger partial charge in [0.2, 0.25) is 0 Å². The minimum absolute atomic E-state index is 0.0105. The number of hydrogen-bond acceptors (Lipinski definition) is 4. The number of ether oxygens (including phenoxy) is 1. The molecule has 1 amide bonds. The first kappa shape index (κ1) is 19.7. The highest BCUT2D eigenvalue weighted by atomic mass is 79.9. The van der Waals surface area contributed by atoms with Crippen LogP contribution in [0, 0.1) is 0 Å². The van der Waals surface area contributed by atoms with Crippen molar-refractivity contribution < 1.29 is 9.53 Å². The van der Waals surface area contributed by atoms with Gasteiger partial charge in [-0.3, -0.25) is 14.7 Å². The average molecular weight is 445 g/mol. The van der Waals surface area contributed by atoms with Gasteiger partial charge in [0, 0.05) is 23.1 Å². The van der Waals surface area contributed by atoms with Crippen molar-refractivity contribution in [2.75, 3.05) is 13.1 Å². The van der Waals surface area contributed by atoms with Crippen molar-refractivity contribution in [3.8, 4) is 5.75 Å². The van der Waals surface area contributed by atoms with E-state index in [1.807, 2.05) is 68.5 Å². The number of rotatable bonds is 6. The second-order valence-corrected chi connectivity index (χ2v) is 7.80. The third-order valence-corrected chi connectivity index (χ3v) is 5.53. The Bertz CT molecular complexity index is 881. The summed E-state index contributed by atoms with van der Waals surface area (Å²) in [5.41, 5.74) is 1.96. The Morgan fingerprint density at radius 2 is 1.96 bits per heavy atom. The van der Waals surface area contributed by atoms with E-state index in [0.29, 0.717) is 24.6 Å². The van der Waals surface area contributed by atoms with E-state index >= 15 is 0 Å². The van der Waals surface area contributed by atoms with Crippen LogP contribution >= 0.6 is 27.7 Å². The fraction of sp³-hybridized carbons (Fsp3) is 0.238. The molecule has 0 aliphatic carbocycles. The van der Waals surface area contributed by atoms with E-state index in [2.05, 4.69) is 20.9 Å². The number of thioether (sulfide) groups is 1. The molecular formula is C21H21BrN2O2S. The lowest BCUT2D eigenvalue weighted by Gasteiger charge is -2.12. The molecule has 1 aliphatic heterocycles. The second-order valence-electron chi connectivity index (χ2n) is 5.87. The van der Waals surface area contributed by atoms with Gasteiger partial charge in [0.25, 0.3) is 5.91 Å². The molecule has 1 fully saturated rings. The van der Waals surface area contributed by atoms with Gasteiger partial charge in [0.15, 0.2) is 5.17 Å². The smallest absolute Gasteiger partial charge is 0.266 e. The number of carbonyl (C=O) groups excluding carboxylic acids is 1. The molecule has 0 bridgehead atoms. The van der Waals surface area contributed by atoms with Crippen LogP contribution in [0.1, 0.15) is 25.0 Å². The maximum absolute atomic E-state index is 12.7. The number of benzene rings is 2. The summed E-state index contributed by atoms with van der Waals surface area (Å²) >= 11 is 4.92. The summed E-state index contributed by atoms with van der Waals surface area (Å²) < 4.78 is 6.96. The molecule has 2 aromatic rings. The molecule has 0 spiro atoms. The molecule has 2 aromatic carbocycles. The van der Waals surface area contributed by atoms with Gasteiger partial charge in [-0.05, 0) is 55.4 Å². The fourth-order valence-corrected chi connectivity index (χ4v) is 4.15. The Hall–Kier alpha value is -2.05. The van der Waals surface area contributed by atoms with Gasteiger partial charge in [-0.25, -0.2) is 0 Å². The van der Waals surface area contributed by atoms with Crippen LogP contribution in [0.2, 0.25) is 0 Å². The number of likely N-dealkylation sites (N-methyl/N-ethyl adjacent to an activating group) is 1. The van der Waals surface area contributed by atoms with Gasteiger partial charge in [0.1, 0.15) is 12.4 Å². The molecule has 1 aliphatic rings. The first-order chi connectivity index (χ1) is 13.1. The van der Waals surface area contributed by atoms with Crippen molar-refractivity contribution in [3.63, 3.8) is 0 Å². The van der Waals surface area contributed by atoms with Crippen LogP contribution in [0.5, 0.6) is 5.75 Å². The highest BCUT2D eigenvalue weighted by Crippen LogP contribution is 2.35. The highest BCUT2D eigenvalue weighted by Gasteiger charge is 2.32. The standard InChI is InChI=1S/C21H21BrN2O2S/c1-3-23-21-24(4-2)20(25)19(27-21)13-16-12-17(22)10-11-18(16)26-14-15-8-6-5-7-9-15/h5-13H,3-4,14H2,1-2H3/b19-13+,23-21?. The number of carbonyl (C=O) groups is 1. The minimum Gasteiger partial charge on any atom is -0.488 e. The summed E-state index contributed by atoms with van der Waals surface area (Å²) in [7, 11) is 0. The van der Waals surface area contributed by atoms with E-state index < -0.39 is 0 Å². The van der Waals surface area contributed by atoms with E-state index in [4.69, 9.17) is 4.74 Å². The predicted octanol–water partition coefficient (Wildman–Crippen LogP) is 5.34. The molecule has 3 rings (SSSR count). The molecule has 0 radical (unpaired) electrons. The molecule has 1 heterocycles. The zero-order chi connectivity index (χ0) is 19.2. The Morgan fingerprint density at radius 3 is 2.67 bits per heavy atom. The summed E-state index contributed by atoms with van der Waals surface area (Å²) in [6, 6.07) is 15.8. The monoisotopic (exact) mass is 444 g/mol. The molecule has 6 heteroatoms. The van der Waals surface area contributed by atoms with E-state index in [1.54, 1.807) is 4.90 Å². The van der Waals surface area contributed by atoms with Crippen molar-refractivity contribution in [2.24, 2.45) is 4.99 Å². The lowest BCUT2D eigenvalue weighted by Crippen LogP contribution is -2.28. The van der Waals surface area contributed by atoms with Crippen LogP contribution in [0.25, 0.3) is 6.08 Å². The topological polar surface area (TPSA) is 41.9 Å². The van der Waals surface area contributed by atoms with Crippen molar-refractivity contribution in [3.05, 3.63) is 69.0 Å². The van der Waals surface area contributed by atoms with Crippen molar-refractivity contribution in [2.45, 2.75) is 20.5 Å². The minimum atomic E-state index is -0.0105. The molecule has 0 atom stereocenters. The van der Waals surface area contributed by atoms with Gasteiger partial charge in [-0.1, -0.05) is 46.3 Å². The zero-order valence-corrected chi connectivity index (χ0v) is 17.7. The van der Waals surface area contributed by atoms with E-state index in [1.165, 1.54) is 11.8 Å². The van der Waals surface area contributed by atoms with Crippen LogP contribution in [-0.4, -0.2) is 29.1 Å². The van der Waals surface area contributed by atoms with Crippen LogP contribution < -0.4 is 4.74 Å². The van der Waals surface area contributed by atoms with Crippen LogP contribution in [-0.2, 0) is 11.4 Å². The first-order valence-corrected chi connectivity index (χ1v) is 10.5. The van der Waals surface area contributed by atoms with Crippen molar-refractivity contribution in [1.29, 1.82) is 0 Å². The lowest BCUT2D eigenvalue weighted by atomic mass is 10.1. The summed E-state index contributed by atoms with van der Waals surface area (Å²) in [6.07, 6.45) is 1.89. The van der Waals surface area contributed by atoms with Crippen LogP contribution in [0.15, 0.2) is 62.9 Å². The molecule has 0 saturated carbocycles. The Morgan fingerprint density at radius 1 is 1.19 bits per heavy atom. The maximum atomic E-state index is 12.7. The third kappa shape index (κ3) is 4.82. The number of hydrogen-bond donors (Lipinski definition) is 0. The SMILES string of the molecule is CCN=C1S/C(=C/c2cc(Br)ccc2OCc2ccccc2)C(=O)N1CC. The highest BCUT2D eigenvalue weighted by molar-refractivity contribution is 9.10. The second kappa shape index (κ2) is 9.24. The Kier molecular flexibility index (Phi) is 6.74. The summed E-state index contributed by atoms with van der Waals surface area (Å²) in [5.74, 6) is 0.732. The zero-order valence-electron chi connectivity index (χ0n) is 15.3. The third-order valence-electron chi connectivity index (χ3n) is 3.99. The summed E-state index contributed by atoms with van der Waals surface area (Å²) in [5, 5.41) is 0.762. The molecule has 1 saturated heterocycles. The normalized spacial score (nSPS) is 17.1. The maximum Gasteiger partial charge on any atom is 0.266 e. The Labute approximate surface area is 172 Å². The van der Waals surface area contributed by atoms with Crippen molar-refractivity contribution >= 4 is 44.8 Å². The summed E-state index contributed by atoms with van der Waals surface area (Å²) in [6.45, 7) is 5.67. The van der Waals surface area contributed by atoms with Gasteiger partial charge < -0.3 is 4.74 Å². The first-order valence-electron chi connectivity index (χ1n) is 8.84. The number of amidine groups is 1. The molecule has 0 N–H and O–H groups in total. The number of amides is 1. The number of aliphatic imine (C=N–C) groups is 1. The van der Waals surface area contributed by atoms with Crippen LogP contribution in [0.3, 0.4) is 0 Å². The molecular weight excluding hydrogens is 424 g/mol. The van der Waals surface area contributed by atoms with Crippen molar-refractivity contribution in [1.82, 2.24) is 4.90 Å². The van der Waals surface area contributed by atoms with Crippen LogP contribution in [0.4, 0.5) is 0 Å². The quantitative estimate of drug-likeness (QED) is 0.564. The Balaban J connectivity index is 1.87. The average Bonchev–Trinajstić information content (AvgIpc) is 2.97. The molecule has 27 heavy (non-hydrogen) atoms. The predicted molar refractivity (Wildman–Crippen MR) is 116 cm³/mol. The van der Waals surface area contributed by atoms with E-state index in [0.717, 1.165) is 26.5 Å². The van der Waals surface area contributed by atoms with E-state index in [-0.39, 0.29) is 5.91 Å². The fourth-order valence-electron chi connectivity index (χ4n) is 2.68. The van der Waals surface area contributed by atoms with Gasteiger partial charge in [0.05, 0.1) is 4.91 Å². The van der Waals surface area contributed by atoms with Gasteiger partial charge in [-0.15, -0.1) is 0 Å². The molecule has 0 unspecified atom stereocenters. The van der Waals surface area contributed by atoms with Gasteiger partial charge >= 0.3 is 0 Å². The molecule has 0 aromatic heterocycles. The molecule has 140 valence electrons. The lowest BCUT2D eigenvalue weighted by molar-refractivity contribution is -0.122. The summed E-state index contributed by atoms with van der Waals surface area (Å²) in [4.78, 5) is 19.5. The molecule has 4 nitrogen and oxygen atoms in total. The number of nitrogens with zero attached hydrogens (tertiary/aromatic N) is 2.